The third-order valence-corrected chi connectivity index (χ3v) is 3.19. The Morgan fingerprint density at radius 3 is 2.35 bits per heavy atom. The molecule has 0 aromatic heterocycles. The highest BCUT2D eigenvalue weighted by atomic mass is 16.1. The molecule has 1 aromatic carbocycles. The second-order valence-corrected chi connectivity index (χ2v) is 5.11. The second kappa shape index (κ2) is 5.78. The van der Waals surface area contributed by atoms with E-state index in [1.807, 2.05) is 19.9 Å². The van der Waals surface area contributed by atoms with Crippen molar-refractivity contribution < 1.29 is 9.59 Å². The molecule has 0 atom stereocenters. The molecule has 0 unspecified atom stereocenters. The van der Waals surface area contributed by atoms with Gasteiger partial charge in [-0.3, -0.25) is 9.59 Å². The summed E-state index contributed by atoms with van der Waals surface area (Å²) in [5, 5.41) is 0. The lowest BCUT2D eigenvalue weighted by molar-refractivity contribution is -0.111. The van der Waals surface area contributed by atoms with Crippen LogP contribution >= 0.6 is 0 Å². The molecule has 1 aromatic rings. The summed E-state index contributed by atoms with van der Waals surface area (Å²) in [7, 11) is 0. The second-order valence-electron chi connectivity index (χ2n) is 5.11. The van der Waals surface area contributed by atoms with Gasteiger partial charge in [0.05, 0.1) is 5.71 Å². The molecule has 2 rings (SSSR count). The molecule has 0 aliphatic heterocycles. The van der Waals surface area contributed by atoms with Crippen LogP contribution in [0.25, 0.3) is 0 Å². The molecule has 0 heterocycles. The van der Waals surface area contributed by atoms with Crippen LogP contribution in [-0.2, 0) is 4.79 Å². The maximum Gasteiger partial charge on any atom is 0.277 e. The smallest absolute Gasteiger partial charge is 0.277 e. The van der Waals surface area contributed by atoms with Gasteiger partial charge in [-0.2, -0.15) is 0 Å². The van der Waals surface area contributed by atoms with Gasteiger partial charge < -0.3 is 0 Å². The van der Waals surface area contributed by atoms with Crippen LogP contribution in [0.2, 0.25) is 0 Å². The molecule has 0 saturated carbocycles. The van der Waals surface area contributed by atoms with Crippen molar-refractivity contribution in [3.8, 4) is 0 Å². The number of benzene rings is 1. The molecule has 1 aliphatic carbocycles. The Balaban J connectivity index is 2.39. The Morgan fingerprint density at radius 1 is 1.10 bits per heavy atom. The highest BCUT2D eigenvalue weighted by Crippen LogP contribution is 2.20. The van der Waals surface area contributed by atoms with Gasteiger partial charge in [-0.25, -0.2) is 4.99 Å². The molecular formula is C17H17NO2. The number of amides is 1. The topological polar surface area (TPSA) is 46.5 Å². The first-order valence-electron chi connectivity index (χ1n) is 6.61. The van der Waals surface area contributed by atoms with Gasteiger partial charge >= 0.3 is 0 Å². The number of aliphatic imine (C=N–C) groups is 1. The summed E-state index contributed by atoms with van der Waals surface area (Å²) < 4.78 is 0. The van der Waals surface area contributed by atoms with Crippen molar-refractivity contribution in [2.45, 2.75) is 20.8 Å². The summed E-state index contributed by atoms with van der Waals surface area (Å²) in [4.78, 5) is 28.0. The van der Waals surface area contributed by atoms with Crippen molar-refractivity contribution in [3.05, 3.63) is 59.2 Å². The first-order chi connectivity index (χ1) is 9.49. The van der Waals surface area contributed by atoms with Crippen LogP contribution in [0.3, 0.4) is 0 Å². The van der Waals surface area contributed by atoms with Gasteiger partial charge in [0.25, 0.3) is 5.91 Å². The first-order valence-corrected chi connectivity index (χ1v) is 6.61. The van der Waals surface area contributed by atoms with Crippen LogP contribution < -0.4 is 0 Å². The van der Waals surface area contributed by atoms with Crippen LogP contribution in [0.15, 0.2) is 58.6 Å². The van der Waals surface area contributed by atoms with Gasteiger partial charge in [-0.1, -0.05) is 32.0 Å². The van der Waals surface area contributed by atoms with Crippen LogP contribution in [0.1, 0.15) is 31.1 Å². The van der Waals surface area contributed by atoms with Crippen molar-refractivity contribution in [3.63, 3.8) is 0 Å². The number of hydrogen-bond acceptors (Lipinski definition) is 2. The van der Waals surface area contributed by atoms with E-state index in [1.54, 1.807) is 43.3 Å². The number of nitrogens with zero attached hydrogens (tertiary/aromatic N) is 1. The lowest BCUT2D eigenvalue weighted by Gasteiger charge is -2.16. The summed E-state index contributed by atoms with van der Waals surface area (Å²) in [5.74, 6) is -0.156. The van der Waals surface area contributed by atoms with Crippen molar-refractivity contribution in [2.24, 2.45) is 10.9 Å². The lowest BCUT2D eigenvalue weighted by Crippen LogP contribution is -2.17. The van der Waals surface area contributed by atoms with Crippen molar-refractivity contribution in [1.29, 1.82) is 0 Å². The molecule has 0 spiro atoms. The Labute approximate surface area is 118 Å². The van der Waals surface area contributed by atoms with E-state index in [0.717, 1.165) is 5.57 Å². The van der Waals surface area contributed by atoms with Gasteiger partial charge in [0, 0.05) is 5.56 Å². The fraction of sp³-hybridized carbons (Fsp3) is 0.235. The van der Waals surface area contributed by atoms with E-state index in [-0.39, 0.29) is 17.6 Å². The minimum atomic E-state index is -0.287. The highest BCUT2D eigenvalue weighted by Gasteiger charge is 2.19. The zero-order valence-corrected chi connectivity index (χ0v) is 11.9. The summed E-state index contributed by atoms with van der Waals surface area (Å²) >= 11 is 0. The average molecular weight is 267 g/mol. The van der Waals surface area contributed by atoms with Crippen molar-refractivity contribution in [2.75, 3.05) is 0 Å². The van der Waals surface area contributed by atoms with Gasteiger partial charge in [-0.05, 0) is 48.3 Å². The fourth-order valence-corrected chi connectivity index (χ4v) is 2.00. The average Bonchev–Trinajstić information content (AvgIpc) is 2.43. The fourth-order valence-electron chi connectivity index (χ4n) is 2.00. The largest absolute Gasteiger partial charge is 0.290 e. The predicted octanol–water partition coefficient (Wildman–Crippen LogP) is 3.38. The molecule has 3 heteroatoms. The maximum absolute atomic E-state index is 12.1. The van der Waals surface area contributed by atoms with Crippen LogP contribution in [0.4, 0.5) is 0 Å². The van der Waals surface area contributed by atoms with Gasteiger partial charge in [0.1, 0.15) is 0 Å². The number of hydrogen-bond donors (Lipinski definition) is 0. The number of ketones is 1. The Kier molecular flexibility index (Phi) is 4.08. The van der Waals surface area contributed by atoms with E-state index in [1.165, 1.54) is 0 Å². The van der Waals surface area contributed by atoms with E-state index in [2.05, 4.69) is 4.99 Å². The van der Waals surface area contributed by atoms with Gasteiger partial charge in [0.2, 0.25) is 0 Å². The minimum Gasteiger partial charge on any atom is -0.290 e. The van der Waals surface area contributed by atoms with E-state index in [0.29, 0.717) is 16.8 Å². The maximum atomic E-state index is 12.1. The van der Waals surface area contributed by atoms with E-state index in [4.69, 9.17) is 0 Å². The van der Waals surface area contributed by atoms with Gasteiger partial charge in [0.15, 0.2) is 5.78 Å². The third kappa shape index (κ3) is 2.99. The van der Waals surface area contributed by atoms with Gasteiger partial charge in [-0.15, -0.1) is 0 Å². The summed E-state index contributed by atoms with van der Waals surface area (Å²) in [6.07, 6.45) is 3.27. The zero-order chi connectivity index (χ0) is 14.7. The minimum absolute atomic E-state index is 0.0141. The number of allylic oxidation sites excluding steroid dienone is 4. The zero-order valence-electron chi connectivity index (χ0n) is 11.9. The Morgan fingerprint density at radius 2 is 1.75 bits per heavy atom. The molecule has 0 N–H and O–H groups in total. The van der Waals surface area contributed by atoms with Crippen LogP contribution in [-0.4, -0.2) is 17.4 Å². The van der Waals surface area contributed by atoms with Crippen LogP contribution in [0, 0.1) is 5.92 Å². The normalized spacial score (nSPS) is 17.2. The lowest BCUT2D eigenvalue weighted by atomic mass is 9.90. The molecule has 102 valence electrons. The summed E-state index contributed by atoms with van der Waals surface area (Å²) in [6, 6.07) is 8.92. The monoisotopic (exact) mass is 267 g/mol. The Bertz CT molecular complexity index is 634. The quantitative estimate of drug-likeness (QED) is 0.771. The molecule has 0 fully saturated rings. The van der Waals surface area contributed by atoms with Crippen molar-refractivity contribution in [1.82, 2.24) is 0 Å². The number of carbonyl (C=O) groups excluding carboxylic acids is 2. The molecule has 3 nitrogen and oxygen atoms in total. The molecule has 0 radical (unpaired) electrons. The van der Waals surface area contributed by atoms with E-state index >= 15 is 0 Å². The summed E-state index contributed by atoms with van der Waals surface area (Å²) in [6.45, 7) is 5.70. The van der Waals surface area contributed by atoms with E-state index < -0.39 is 0 Å². The third-order valence-electron chi connectivity index (χ3n) is 3.19. The standard InChI is InChI=1S/C17H17NO2/c1-11(2)14-10-16(19)12(3)9-15(14)18-17(20)13-7-5-4-6-8-13/h4-11H,1-3H3. The first kappa shape index (κ1) is 14.1. The molecule has 1 amide bonds. The number of carbonyl (C=O) groups is 2. The van der Waals surface area contributed by atoms with Crippen LogP contribution in [0.5, 0.6) is 0 Å². The Hall–Kier alpha value is -2.29. The van der Waals surface area contributed by atoms with E-state index in [9.17, 15) is 9.59 Å². The predicted molar refractivity (Wildman–Crippen MR) is 79.9 cm³/mol. The molecule has 0 bridgehead atoms. The molecule has 0 saturated heterocycles. The SMILES string of the molecule is CC1=CC(=NC(=O)c2ccccc2)C(C(C)C)=CC1=O. The van der Waals surface area contributed by atoms with Crippen molar-refractivity contribution >= 4 is 17.4 Å². The summed E-state index contributed by atoms with van der Waals surface area (Å²) in [5.41, 5.74) is 2.55. The number of rotatable bonds is 2. The molecule has 1 aliphatic rings. The molecule has 20 heavy (non-hydrogen) atoms. The highest BCUT2D eigenvalue weighted by molar-refractivity contribution is 6.24. The molecular weight excluding hydrogens is 250 g/mol.